The number of rotatable bonds is 4. The van der Waals surface area contributed by atoms with Gasteiger partial charge >= 0.3 is 11.9 Å². The molecule has 2 heterocycles. The fourth-order valence-corrected chi connectivity index (χ4v) is 4.50. The number of ether oxygens (including phenoxy) is 1. The lowest BCUT2D eigenvalue weighted by atomic mass is 9.93. The fourth-order valence-electron chi connectivity index (χ4n) is 3.78. The molecule has 8 nitrogen and oxygen atoms in total. The number of benzene rings is 2. The van der Waals surface area contributed by atoms with Crippen molar-refractivity contribution in [2.75, 3.05) is 12.0 Å². The highest BCUT2D eigenvalue weighted by Crippen LogP contribution is 2.43. The van der Waals surface area contributed by atoms with E-state index in [-0.39, 0.29) is 16.5 Å². The molecule has 168 valence electrons. The van der Waals surface area contributed by atoms with Gasteiger partial charge in [-0.3, -0.25) is 14.5 Å². The van der Waals surface area contributed by atoms with Crippen molar-refractivity contribution >= 4 is 39.9 Å². The maximum absolute atomic E-state index is 13.2. The van der Waals surface area contributed by atoms with Gasteiger partial charge < -0.3 is 9.84 Å². The Balaban J connectivity index is 1.94. The van der Waals surface area contributed by atoms with Gasteiger partial charge in [-0.25, -0.2) is 4.79 Å². The van der Waals surface area contributed by atoms with E-state index in [1.165, 1.54) is 23.3 Å². The molecule has 1 aliphatic heterocycles. The van der Waals surface area contributed by atoms with Crippen molar-refractivity contribution in [3.05, 3.63) is 80.9 Å². The average Bonchev–Trinajstić information content (AvgIpc) is 3.35. The Morgan fingerprint density at radius 2 is 1.76 bits per heavy atom. The maximum Gasteiger partial charge on any atom is 0.337 e. The molecule has 1 fully saturated rings. The van der Waals surface area contributed by atoms with Crippen LogP contribution in [0.15, 0.2) is 48.0 Å². The molecule has 0 aliphatic carbocycles. The molecule has 2 aromatic carbocycles. The Morgan fingerprint density at radius 3 is 2.36 bits per heavy atom. The molecular formula is C24H21N3O5S. The molecule has 1 aliphatic rings. The summed E-state index contributed by atoms with van der Waals surface area (Å²) in [6, 6.07) is 10.9. The molecule has 3 aromatic rings. The molecule has 9 heteroatoms. The van der Waals surface area contributed by atoms with Crippen LogP contribution in [0.1, 0.15) is 43.7 Å². The van der Waals surface area contributed by atoms with Gasteiger partial charge in [-0.05, 0) is 50.1 Å². The molecule has 0 saturated carbocycles. The highest BCUT2D eigenvalue weighted by molar-refractivity contribution is 7.15. The number of carbonyl (C=O) groups excluding carboxylic acids is 3. The zero-order chi connectivity index (χ0) is 23.9. The quantitative estimate of drug-likeness (QED) is 0.271. The number of aryl methyl sites for hydroxylation is 3. The summed E-state index contributed by atoms with van der Waals surface area (Å²) >= 11 is 1.17. The van der Waals surface area contributed by atoms with Crippen molar-refractivity contribution in [2.24, 2.45) is 0 Å². The summed E-state index contributed by atoms with van der Waals surface area (Å²) in [5.74, 6) is -2.39. The van der Waals surface area contributed by atoms with Crippen molar-refractivity contribution in [1.29, 1.82) is 0 Å². The molecule has 0 radical (unpaired) electrons. The number of aliphatic hydroxyl groups excluding tert-OH is 1. The number of amides is 1. The molecular weight excluding hydrogens is 442 g/mol. The molecule has 4 rings (SSSR count). The van der Waals surface area contributed by atoms with Crippen LogP contribution in [0, 0.1) is 20.8 Å². The van der Waals surface area contributed by atoms with E-state index >= 15 is 0 Å². The third-order valence-corrected chi connectivity index (χ3v) is 6.30. The first-order valence-electron chi connectivity index (χ1n) is 10.1. The first-order valence-corrected chi connectivity index (χ1v) is 10.9. The van der Waals surface area contributed by atoms with Gasteiger partial charge in [0.2, 0.25) is 5.13 Å². The number of esters is 1. The second-order valence-corrected chi connectivity index (χ2v) is 8.86. The van der Waals surface area contributed by atoms with Crippen LogP contribution in [0.3, 0.4) is 0 Å². The Morgan fingerprint density at radius 1 is 1.06 bits per heavy atom. The minimum absolute atomic E-state index is 0.0487. The maximum atomic E-state index is 13.2. The van der Waals surface area contributed by atoms with Crippen LogP contribution in [0.5, 0.6) is 0 Å². The van der Waals surface area contributed by atoms with Crippen molar-refractivity contribution in [3.8, 4) is 0 Å². The number of aromatic nitrogens is 2. The van der Waals surface area contributed by atoms with Crippen LogP contribution >= 0.6 is 11.3 Å². The molecule has 1 saturated heterocycles. The monoisotopic (exact) mass is 463 g/mol. The topological polar surface area (TPSA) is 110 Å². The summed E-state index contributed by atoms with van der Waals surface area (Å²) in [5, 5.41) is 20.2. The minimum Gasteiger partial charge on any atom is -0.507 e. The van der Waals surface area contributed by atoms with Crippen molar-refractivity contribution in [3.63, 3.8) is 0 Å². The Kier molecular flexibility index (Phi) is 5.82. The molecule has 0 spiro atoms. The second kappa shape index (κ2) is 8.59. The molecule has 0 bridgehead atoms. The first-order chi connectivity index (χ1) is 15.7. The van der Waals surface area contributed by atoms with E-state index in [1.807, 2.05) is 26.0 Å². The standard InChI is InChI=1S/C24H21N3O5S/c1-12-5-6-13(2)17(11-12)20(28)18-19(15-7-9-16(10-8-15)23(31)32-4)27(22(30)21(18)29)24-26-25-14(3)33-24/h5-11,19,28H,1-4H3/b20-18+. The SMILES string of the molecule is COC(=O)c1ccc(C2/C(=C(\O)c3cc(C)ccc3C)C(=O)C(=O)N2c2nnc(C)s2)cc1. The third kappa shape index (κ3) is 3.91. The summed E-state index contributed by atoms with van der Waals surface area (Å²) in [7, 11) is 1.28. The van der Waals surface area contributed by atoms with E-state index < -0.39 is 23.7 Å². The number of aliphatic hydroxyl groups is 1. The smallest absolute Gasteiger partial charge is 0.337 e. The van der Waals surface area contributed by atoms with E-state index in [2.05, 4.69) is 10.2 Å². The van der Waals surface area contributed by atoms with Crippen molar-refractivity contribution in [2.45, 2.75) is 26.8 Å². The summed E-state index contributed by atoms with van der Waals surface area (Å²) in [5.41, 5.74) is 2.93. The summed E-state index contributed by atoms with van der Waals surface area (Å²) in [6.07, 6.45) is 0. The number of hydrogen-bond acceptors (Lipinski definition) is 8. The predicted molar refractivity (Wildman–Crippen MR) is 123 cm³/mol. The number of anilines is 1. The minimum atomic E-state index is -0.941. The third-order valence-electron chi connectivity index (χ3n) is 5.46. The summed E-state index contributed by atoms with van der Waals surface area (Å²) in [6.45, 7) is 5.44. The fraction of sp³-hybridized carbons (Fsp3) is 0.208. The number of Topliss-reactive ketones (excluding diaryl/α,β-unsaturated/α-hetero) is 1. The lowest BCUT2D eigenvalue weighted by molar-refractivity contribution is -0.132. The van der Waals surface area contributed by atoms with Crippen molar-refractivity contribution in [1.82, 2.24) is 10.2 Å². The van der Waals surface area contributed by atoms with Gasteiger partial charge in [0.25, 0.3) is 5.78 Å². The number of nitrogens with zero attached hydrogens (tertiary/aromatic N) is 3. The predicted octanol–water partition coefficient (Wildman–Crippen LogP) is 3.88. The zero-order valence-corrected chi connectivity index (χ0v) is 19.3. The molecule has 1 atom stereocenters. The van der Waals surface area contributed by atoms with Gasteiger partial charge in [0.1, 0.15) is 10.8 Å². The molecule has 1 aromatic heterocycles. The molecule has 1 unspecified atom stereocenters. The van der Waals surface area contributed by atoms with Crippen LogP contribution in [0.4, 0.5) is 5.13 Å². The van der Waals surface area contributed by atoms with Gasteiger partial charge in [-0.15, -0.1) is 10.2 Å². The number of methoxy groups -OCH3 is 1. The van der Waals surface area contributed by atoms with Crippen molar-refractivity contribution < 1.29 is 24.2 Å². The number of hydrogen-bond donors (Lipinski definition) is 1. The van der Waals surface area contributed by atoms with Crippen LogP contribution in [0.25, 0.3) is 5.76 Å². The highest BCUT2D eigenvalue weighted by Gasteiger charge is 2.48. The van der Waals surface area contributed by atoms with E-state index in [0.717, 1.165) is 11.1 Å². The Bertz CT molecular complexity index is 1310. The second-order valence-electron chi connectivity index (χ2n) is 7.70. The Labute approximate surface area is 194 Å². The van der Waals surface area contributed by atoms with Gasteiger partial charge in [-0.2, -0.15) is 0 Å². The molecule has 33 heavy (non-hydrogen) atoms. The lowest BCUT2D eigenvalue weighted by Crippen LogP contribution is -2.29. The molecule has 1 N–H and O–H groups in total. The Hall–Kier alpha value is -3.85. The summed E-state index contributed by atoms with van der Waals surface area (Å²) < 4.78 is 4.75. The van der Waals surface area contributed by atoms with Crippen LogP contribution in [-0.4, -0.2) is 40.1 Å². The van der Waals surface area contributed by atoms with Gasteiger partial charge in [0.15, 0.2) is 0 Å². The zero-order valence-electron chi connectivity index (χ0n) is 18.4. The first kappa shape index (κ1) is 22.3. The van der Waals surface area contributed by atoms with E-state index in [0.29, 0.717) is 21.7 Å². The summed E-state index contributed by atoms with van der Waals surface area (Å²) in [4.78, 5) is 39.4. The molecule has 1 amide bonds. The lowest BCUT2D eigenvalue weighted by Gasteiger charge is -2.23. The van der Waals surface area contributed by atoms with Crippen LogP contribution in [-0.2, 0) is 14.3 Å². The van der Waals surface area contributed by atoms with Gasteiger partial charge in [0.05, 0.1) is 24.3 Å². The normalized spacial score (nSPS) is 17.5. The average molecular weight is 464 g/mol. The van der Waals surface area contributed by atoms with E-state index in [4.69, 9.17) is 4.74 Å². The largest absolute Gasteiger partial charge is 0.507 e. The number of ketones is 1. The van der Waals surface area contributed by atoms with E-state index in [1.54, 1.807) is 37.3 Å². The van der Waals surface area contributed by atoms with Crippen LogP contribution < -0.4 is 4.90 Å². The number of carbonyl (C=O) groups is 3. The highest BCUT2D eigenvalue weighted by atomic mass is 32.1. The van der Waals surface area contributed by atoms with E-state index in [9.17, 15) is 19.5 Å². The van der Waals surface area contributed by atoms with Gasteiger partial charge in [0, 0.05) is 5.56 Å². The van der Waals surface area contributed by atoms with Crippen LogP contribution in [0.2, 0.25) is 0 Å². The van der Waals surface area contributed by atoms with Gasteiger partial charge in [-0.1, -0.05) is 41.2 Å².